The normalized spacial score (nSPS) is 16.9. The van der Waals surface area contributed by atoms with Crippen LogP contribution in [0.4, 0.5) is 0 Å². The first-order valence-electron chi connectivity index (χ1n) is 7.41. The minimum absolute atomic E-state index is 0. The topological polar surface area (TPSA) is 72.5 Å². The molecule has 0 spiro atoms. The number of aliphatic imine (C=N–C) groups is 1. The molecule has 7 heteroatoms. The maximum Gasteiger partial charge on any atom is 0.189 e. The lowest BCUT2D eigenvalue weighted by molar-refractivity contribution is 0.262. The van der Waals surface area contributed by atoms with Crippen LogP contribution in [-0.4, -0.2) is 24.1 Å². The van der Waals surface area contributed by atoms with Gasteiger partial charge in [-0.25, -0.2) is 4.98 Å². The van der Waals surface area contributed by atoms with Crippen LogP contribution < -0.4 is 15.8 Å². The Kier molecular flexibility index (Phi) is 6.64. The highest BCUT2D eigenvalue weighted by Crippen LogP contribution is 2.31. The highest BCUT2D eigenvalue weighted by Gasteiger charge is 2.21. The minimum atomic E-state index is 0. The molecule has 0 amide bonds. The molecule has 1 unspecified atom stereocenters. The number of rotatable bonds is 4. The van der Waals surface area contributed by atoms with Crippen molar-refractivity contribution in [1.82, 2.24) is 10.3 Å². The second kappa shape index (κ2) is 8.49. The quantitative estimate of drug-likeness (QED) is 0.432. The van der Waals surface area contributed by atoms with Crippen LogP contribution in [0.5, 0.6) is 5.75 Å². The molecule has 0 fully saturated rings. The molecule has 0 bridgehead atoms. The molecule has 3 rings (SSSR count). The Balaban J connectivity index is 0.00000192. The first kappa shape index (κ1) is 18.0. The van der Waals surface area contributed by atoms with Gasteiger partial charge in [0.15, 0.2) is 5.96 Å². The van der Waals surface area contributed by atoms with Gasteiger partial charge >= 0.3 is 0 Å². The zero-order valence-electron chi connectivity index (χ0n) is 13.0. The number of thiazole rings is 1. The van der Waals surface area contributed by atoms with Crippen molar-refractivity contribution >= 4 is 41.3 Å². The first-order chi connectivity index (χ1) is 10.7. The van der Waals surface area contributed by atoms with Gasteiger partial charge in [0.05, 0.1) is 23.4 Å². The van der Waals surface area contributed by atoms with E-state index in [1.54, 1.807) is 11.3 Å². The fourth-order valence-electron chi connectivity index (χ4n) is 2.53. The Bertz CT molecular complexity index is 674. The highest BCUT2D eigenvalue weighted by molar-refractivity contribution is 14.0. The third-order valence-electron chi connectivity index (χ3n) is 3.60. The number of para-hydroxylation sites is 1. The summed E-state index contributed by atoms with van der Waals surface area (Å²) in [4.78, 5) is 8.83. The lowest BCUT2D eigenvalue weighted by Gasteiger charge is -2.26. The number of guanidine groups is 1. The number of nitrogens with zero attached hydrogens (tertiary/aromatic N) is 2. The number of fused-ring (bicyclic) bond motifs is 1. The summed E-state index contributed by atoms with van der Waals surface area (Å²) in [5, 5.41) is 6.46. The molecule has 5 nitrogen and oxygen atoms in total. The Morgan fingerprint density at radius 2 is 2.30 bits per heavy atom. The number of nitrogens with two attached hydrogens (primary N) is 1. The van der Waals surface area contributed by atoms with Crippen LogP contribution in [0, 0.1) is 6.92 Å². The molecule has 3 N–H and O–H groups in total. The molecule has 2 aromatic rings. The van der Waals surface area contributed by atoms with E-state index in [4.69, 9.17) is 10.5 Å². The number of ether oxygens (including phenoxy) is 1. The molecular formula is C16H21IN4OS. The van der Waals surface area contributed by atoms with Gasteiger partial charge in [-0.05, 0) is 13.0 Å². The Morgan fingerprint density at radius 3 is 3.09 bits per heavy atom. The van der Waals surface area contributed by atoms with Crippen LogP contribution in [0.2, 0.25) is 0 Å². The summed E-state index contributed by atoms with van der Waals surface area (Å²) in [6.07, 6.45) is 1.70. The van der Waals surface area contributed by atoms with E-state index < -0.39 is 0 Å². The van der Waals surface area contributed by atoms with Crippen molar-refractivity contribution in [3.8, 4) is 5.75 Å². The predicted octanol–water partition coefficient (Wildman–Crippen LogP) is 3.04. The summed E-state index contributed by atoms with van der Waals surface area (Å²) < 4.78 is 5.65. The van der Waals surface area contributed by atoms with Crippen LogP contribution in [0.25, 0.3) is 0 Å². The Morgan fingerprint density at radius 1 is 1.48 bits per heavy atom. The fourth-order valence-corrected chi connectivity index (χ4v) is 3.18. The lowest BCUT2D eigenvalue weighted by atomic mass is 10.0. The van der Waals surface area contributed by atoms with Gasteiger partial charge in [-0.3, -0.25) is 4.99 Å². The second-order valence-electron chi connectivity index (χ2n) is 5.25. The summed E-state index contributed by atoms with van der Waals surface area (Å²) in [5.41, 5.74) is 8.23. The van der Waals surface area contributed by atoms with Crippen molar-refractivity contribution < 1.29 is 4.74 Å². The molecule has 124 valence electrons. The van der Waals surface area contributed by atoms with E-state index in [1.165, 1.54) is 0 Å². The summed E-state index contributed by atoms with van der Waals surface area (Å²) in [6, 6.07) is 8.21. The molecule has 0 radical (unpaired) electrons. The molecule has 2 heterocycles. The number of nitrogens with one attached hydrogen (secondary N) is 1. The molecular weight excluding hydrogens is 423 g/mol. The van der Waals surface area contributed by atoms with Crippen molar-refractivity contribution in [1.29, 1.82) is 0 Å². The number of hydrogen-bond acceptors (Lipinski definition) is 4. The van der Waals surface area contributed by atoms with Gasteiger partial charge < -0.3 is 15.8 Å². The van der Waals surface area contributed by atoms with Crippen molar-refractivity contribution in [3.63, 3.8) is 0 Å². The van der Waals surface area contributed by atoms with Gasteiger partial charge in [0, 0.05) is 30.3 Å². The van der Waals surface area contributed by atoms with Gasteiger partial charge in [0.2, 0.25) is 0 Å². The van der Waals surface area contributed by atoms with E-state index >= 15 is 0 Å². The second-order valence-corrected chi connectivity index (χ2v) is 6.31. The third kappa shape index (κ3) is 4.81. The SMILES string of the molecule is Cc1nc(CCN=C(N)NC2CCOc3ccccc32)cs1.I. The molecule has 1 aliphatic heterocycles. The van der Waals surface area contributed by atoms with Crippen molar-refractivity contribution in [2.75, 3.05) is 13.2 Å². The maximum atomic E-state index is 6.01. The van der Waals surface area contributed by atoms with Crippen LogP contribution in [0.3, 0.4) is 0 Å². The van der Waals surface area contributed by atoms with Crippen LogP contribution in [-0.2, 0) is 6.42 Å². The first-order valence-corrected chi connectivity index (χ1v) is 8.29. The van der Waals surface area contributed by atoms with E-state index in [1.807, 2.05) is 25.1 Å². The number of aryl methyl sites for hydroxylation is 1. The van der Waals surface area contributed by atoms with Crippen molar-refractivity contribution in [3.05, 3.63) is 45.9 Å². The van der Waals surface area contributed by atoms with E-state index in [0.29, 0.717) is 19.1 Å². The van der Waals surface area contributed by atoms with Crippen molar-refractivity contribution in [2.24, 2.45) is 10.7 Å². The van der Waals surface area contributed by atoms with E-state index in [-0.39, 0.29) is 30.0 Å². The van der Waals surface area contributed by atoms with E-state index in [0.717, 1.165) is 34.9 Å². The molecule has 0 saturated carbocycles. The standard InChI is InChI=1S/C16H20N4OS.HI/c1-11-19-12(10-22-11)6-8-18-16(17)20-14-7-9-21-15-5-3-2-4-13(14)15;/h2-5,10,14H,6-9H2,1H3,(H3,17,18,20);1H. The summed E-state index contributed by atoms with van der Waals surface area (Å²) in [6.45, 7) is 3.35. The Hall–Kier alpha value is -1.35. The zero-order valence-corrected chi connectivity index (χ0v) is 16.1. The molecule has 1 aliphatic rings. The largest absolute Gasteiger partial charge is 0.493 e. The molecule has 1 atom stereocenters. The number of benzene rings is 1. The highest BCUT2D eigenvalue weighted by atomic mass is 127. The molecule has 1 aromatic heterocycles. The molecule has 1 aromatic carbocycles. The number of halogens is 1. The predicted molar refractivity (Wildman–Crippen MR) is 105 cm³/mol. The van der Waals surface area contributed by atoms with Crippen LogP contribution in [0.15, 0.2) is 34.6 Å². The summed E-state index contributed by atoms with van der Waals surface area (Å²) in [7, 11) is 0. The average Bonchev–Trinajstić information content (AvgIpc) is 2.93. The van der Waals surface area contributed by atoms with Crippen LogP contribution in [0.1, 0.15) is 28.7 Å². The van der Waals surface area contributed by atoms with E-state index in [9.17, 15) is 0 Å². The van der Waals surface area contributed by atoms with Gasteiger partial charge in [0.1, 0.15) is 5.75 Å². The number of aromatic nitrogens is 1. The van der Waals surface area contributed by atoms with Crippen LogP contribution >= 0.6 is 35.3 Å². The summed E-state index contributed by atoms with van der Waals surface area (Å²) in [5.74, 6) is 1.41. The third-order valence-corrected chi connectivity index (χ3v) is 4.42. The van der Waals surface area contributed by atoms with Crippen molar-refractivity contribution in [2.45, 2.75) is 25.8 Å². The lowest BCUT2D eigenvalue weighted by Crippen LogP contribution is -2.37. The fraction of sp³-hybridized carbons (Fsp3) is 0.375. The number of hydrogen-bond donors (Lipinski definition) is 2. The van der Waals surface area contributed by atoms with Gasteiger partial charge in [-0.15, -0.1) is 35.3 Å². The average molecular weight is 444 g/mol. The van der Waals surface area contributed by atoms with Gasteiger partial charge in [-0.1, -0.05) is 18.2 Å². The van der Waals surface area contributed by atoms with E-state index in [2.05, 4.69) is 26.7 Å². The van der Waals surface area contributed by atoms with Gasteiger partial charge in [-0.2, -0.15) is 0 Å². The summed E-state index contributed by atoms with van der Waals surface area (Å²) >= 11 is 1.66. The smallest absolute Gasteiger partial charge is 0.189 e. The molecule has 23 heavy (non-hydrogen) atoms. The van der Waals surface area contributed by atoms with Gasteiger partial charge in [0.25, 0.3) is 0 Å². The minimum Gasteiger partial charge on any atom is -0.493 e. The Labute approximate surface area is 157 Å². The molecule has 0 aliphatic carbocycles. The maximum absolute atomic E-state index is 6.01. The zero-order chi connectivity index (χ0) is 15.4. The molecule has 0 saturated heterocycles. The monoisotopic (exact) mass is 444 g/mol.